The molecule has 0 radical (unpaired) electrons. The molecule has 1 atom stereocenters. The van der Waals surface area contributed by atoms with Crippen LogP contribution < -0.4 is 11.1 Å². The summed E-state index contributed by atoms with van der Waals surface area (Å²) in [5.41, 5.74) is 6.96. The Balaban J connectivity index is 1.88. The molecule has 16 heavy (non-hydrogen) atoms. The lowest BCUT2D eigenvalue weighted by atomic mass is 10.0. The molecule has 2 rings (SSSR count). The van der Waals surface area contributed by atoms with Crippen LogP contribution in [0.3, 0.4) is 0 Å². The summed E-state index contributed by atoms with van der Waals surface area (Å²) < 4.78 is 18.2. The summed E-state index contributed by atoms with van der Waals surface area (Å²) >= 11 is 0. The molecule has 1 heterocycles. The Hall–Kier alpha value is -1.29. The van der Waals surface area contributed by atoms with Gasteiger partial charge in [0.25, 0.3) is 0 Å². The second kappa shape index (κ2) is 5.16. The molecule has 88 valence electrons. The van der Waals surface area contributed by atoms with Gasteiger partial charge in [0, 0.05) is 13.2 Å². The van der Waals surface area contributed by atoms with Crippen molar-refractivity contribution in [1.29, 1.82) is 0 Å². The Morgan fingerprint density at radius 1 is 1.50 bits per heavy atom. The normalized spacial score (nSPS) is 20.7. The summed E-state index contributed by atoms with van der Waals surface area (Å²) in [7, 11) is 0. The third kappa shape index (κ3) is 2.85. The van der Waals surface area contributed by atoms with Gasteiger partial charge in [0.15, 0.2) is 0 Å². The van der Waals surface area contributed by atoms with Gasteiger partial charge >= 0.3 is 0 Å². The first-order valence-corrected chi connectivity index (χ1v) is 5.62. The molecule has 1 aromatic rings. The number of anilines is 2. The van der Waals surface area contributed by atoms with E-state index in [9.17, 15) is 4.39 Å². The predicted octanol–water partition coefficient (Wildman–Crippen LogP) is 2.25. The molecule has 1 unspecified atom stereocenters. The molecule has 0 amide bonds. The van der Waals surface area contributed by atoms with E-state index in [-0.39, 0.29) is 5.82 Å². The van der Waals surface area contributed by atoms with E-state index < -0.39 is 0 Å². The quantitative estimate of drug-likeness (QED) is 0.774. The van der Waals surface area contributed by atoms with E-state index in [4.69, 9.17) is 10.5 Å². The lowest BCUT2D eigenvalue weighted by molar-refractivity contribution is 0.0595. The molecule has 0 spiro atoms. The van der Waals surface area contributed by atoms with Crippen LogP contribution in [0.15, 0.2) is 18.2 Å². The molecule has 4 heteroatoms. The minimum Gasteiger partial charge on any atom is -0.397 e. The molecule has 1 aromatic carbocycles. The van der Waals surface area contributed by atoms with Crippen molar-refractivity contribution < 1.29 is 9.13 Å². The minimum absolute atomic E-state index is 0.302. The highest BCUT2D eigenvalue weighted by molar-refractivity contribution is 5.65. The number of nitrogens with one attached hydrogen (secondary N) is 1. The average Bonchev–Trinajstić information content (AvgIpc) is 2.29. The van der Waals surface area contributed by atoms with E-state index >= 15 is 0 Å². The number of nitrogens with two attached hydrogens (primary N) is 1. The van der Waals surface area contributed by atoms with Gasteiger partial charge in [-0.15, -0.1) is 0 Å². The SMILES string of the molecule is Nc1cc(F)ccc1NCC1CCCOC1. The van der Waals surface area contributed by atoms with Crippen LogP contribution >= 0.6 is 0 Å². The van der Waals surface area contributed by atoms with Gasteiger partial charge in [-0.2, -0.15) is 0 Å². The van der Waals surface area contributed by atoms with Crippen molar-refractivity contribution in [3.8, 4) is 0 Å². The number of benzene rings is 1. The van der Waals surface area contributed by atoms with Gasteiger partial charge in [0.05, 0.1) is 18.0 Å². The fourth-order valence-corrected chi connectivity index (χ4v) is 1.92. The van der Waals surface area contributed by atoms with Gasteiger partial charge in [0.2, 0.25) is 0 Å². The highest BCUT2D eigenvalue weighted by Crippen LogP contribution is 2.21. The standard InChI is InChI=1S/C12H17FN2O/c13-10-3-4-12(11(14)6-10)15-7-9-2-1-5-16-8-9/h3-4,6,9,15H,1-2,5,7-8,14H2. The molecular weight excluding hydrogens is 207 g/mol. The summed E-state index contributed by atoms with van der Waals surface area (Å²) in [5, 5.41) is 3.24. The van der Waals surface area contributed by atoms with Crippen molar-refractivity contribution in [2.24, 2.45) is 5.92 Å². The maximum Gasteiger partial charge on any atom is 0.125 e. The van der Waals surface area contributed by atoms with Gasteiger partial charge in [0.1, 0.15) is 5.82 Å². The zero-order valence-electron chi connectivity index (χ0n) is 9.21. The van der Waals surface area contributed by atoms with E-state index in [2.05, 4.69) is 5.32 Å². The molecule has 1 aliphatic rings. The molecule has 0 aromatic heterocycles. The maximum absolute atomic E-state index is 12.8. The van der Waals surface area contributed by atoms with E-state index in [1.165, 1.54) is 18.6 Å². The summed E-state index contributed by atoms with van der Waals surface area (Å²) in [6.45, 7) is 2.50. The molecule has 0 saturated carbocycles. The van der Waals surface area contributed by atoms with Crippen molar-refractivity contribution in [2.75, 3.05) is 30.8 Å². The van der Waals surface area contributed by atoms with E-state index in [0.717, 1.165) is 31.9 Å². The number of ether oxygens (including phenoxy) is 1. The van der Waals surface area contributed by atoms with E-state index in [0.29, 0.717) is 11.6 Å². The number of hydrogen-bond donors (Lipinski definition) is 2. The Morgan fingerprint density at radius 2 is 2.38 bits per heavy atom. The van der Waals surface area contributed by atoms with Crippen LogP contribution in [0.25, 0.3) is 0 Å². The zero-order valence-corrected chi connectivity index (χ0v) is 9.21. The van der Waals surface area contributed by atoms with Crippen LogP contribution in [0.5, 0.6) is 0 Å². The smallest absolute Gasteiger partial charge is 0.125 e. The van der Waals surface area contributed by atoms with Gasteiger partial charge in [-0.05, 0) is 37.0 Å². The first-order chi connectivity index (χ1) is 7.75. The van der Waals surface area contributed by atoms with Crippen LogP contribution in [0.1, 0.15) is 12.8 Å². The third-order valence-electron chi connectivity index (χ3n) is 2.85. The van der Waals surface area contributed by atoms with Crippen molar-refractivity contribution in [2.45, 2.75) is 12.8 Å². The molecule has 1 fully saturated rings. The Morgan fingerprint density at radius 3 is 3.06 bits per heavy atom. The third-order valence-corrected chi connectivity index (χ3v) is 2.85. The molecule has 3 nitrogen and oxygen atoms in total. The fraction of sp³-hybridized carbons (Fsp3) is 0.500. The molecule has 0 aliphatic carbocycles. The van der Waals surface area contributed by atoms with Crippen LogP contribution in [0.2, 0.25) is 0 Å². The van der Waals surface area contributed by atoms with Crippen molar-refractivity contribution in [3.05, 3.63) is 24.0 Å². The number of hydrogen-bond acceptors (Lipinski definition) is 3. The van der Waals surface area contributed by atoms with Crippen molar-refractivity contribution in [3.63, 3.8) is 0 Å². The summed E-state index contributed by atoms with van der Waals surface area (Å²) in [4.78, 5) is 0. The fourth-order valence-electron chi connectivity index (χ4n) is 1.92. The highest BCUT2D eigenvalue weighted by atomic mass is 19.1. The maximum atomic E-state index is 12.8. The van der Waals surface area contributed by atoms with Gasteiger partial charge < -0.3 is 15.8 Å². The second-order valence-corrected chi connectivity index (χ2v) is 4.20. The molecule has 1 saturated heterocycles. The van der Waals surface area contributed by atoms with E-state index in [1.807, 2.05) is 0 Å². The molecule has 3 N–H and O–H groups in total. The minimum atomic E-state index is -0.302. The highest BCUT2D eigenvalue weighted by Gasteiger charge is 2.13. The first-order valence-electron chi connectivity index (χ1n) is 5.62. The van der Waals surface area contributed by atoms with Crippen LogP contribution in [-0.4, -0.2) is 19.8 Å². The number of halogens is 1. The Labute approximate surface area is 94.8 Å². The van der Waals surface area contributed by atoms with E-state index in [1.54, 1.807) is 6.07 Å². The number of nitrogen functional groups attached to an aromatic ring is 1. The van der Waals surface area contributed by atoms with Gasteiger partial charge in [-0.1, -0.05) is 0 Å². The molecule has 0 bridgehead atoms. The van der Waals surface area contributed by atoms with Crippen molar-refractivity contribution in [1.82, 2.24) is 0 Å². The van der Waals surface area contributed by atoms with Gasteiger partial charge in [-0.25, -0.2) is 4.39 Å². The van der Waals surface area contributed by atoms with Crippen LogP contribution in [-0.2, 0) is 4.74 Å². The molecular formula is C12H17FN2O. The van der Waals surface area contributed by atoms with Crippen molar-refractivity contribution >= 4 is 11.4 Å². The van der Waals surface area contributed by atoms with Gasteiger partial charge in [-0.3, -0.25) is 0 Å². The summed E-state index contributed by atoms with van der Waals surface area (Å²) in [5.74, 6) is 0.224. The summed E-state index contributed by atoms with van der Waals surface area (Å²) in [6, 6.07) is 4.42. The predicted molar refractivity (Wildman–Crippen MR) is 62.8 cm³/mol. The summed E-state index contributed by atoms with van der Waals surface area (Å²) in [6.07, 6.45) is 2.29. The topological polar surface area (TPSA) is 47.3 Å². The van der Waals surface area contributed by atoms with Crippen LogP contribution in [0.4, 0.5) is 15.8 Å². The lowest BCUT2D eigenvalue weighted by Crippen LogP contribution is -2.24. The molecule has 1 aliphatic heterocycles. The Kier molecular flexibility index (Phi) is 3.62. The first kappa shape index (κ1) is 11.2. The largest absolute Gasteiger partial charge is 0.397 e. The lowest BCUT2D eigenvalue weighted by Gasteiger charge is -2.23. The zero-order chi connectivity index (χ0) is 11.4. The average molecular weight is 224 g/mol. The number of rotatable bonds is 3. The monoisotopic (exact) mass is 224 g/mol. The Bertz CT molecular complexity index is 351. The second-order valence-electron chi connectivity index (χ2n) is 4.20. The van der Waals surface area contributed by atoms with Crippen LogP contribution in [0, 0.1) is 11.7 Å².